The van der Waals surface area contributed by atoms with Gasteiger partial charge in [-0.05, 0) is 86.8 Å². The third-order valence-electron chi connectivity index (χ3n) is 7.54. The summed E-state index contributed by atoms with van der Waals surface area (Å²) in [5.41, 5.74) is 0.554. The predicted octanol–water partition coefficient (Wildman–Crippen LogP) is 3.28. The molecule has 0 heterocycles. The second-order valence-corrected chi connectivity index (χ2v) is 11.7. The number of rotatable bonds is 6. The zero-order valence-corrected chi connectivity index (χ0v) is 18.6. The lowest BCUT2D eigenvalue weighted by atomic mass is 9.48. The number of methoxy groups -OCH3 is 1. The minimum Gasteiger partial charge on any atom is -0.495 e. The van der Waals surface area contributed by atoms with E-state index in [-0.39, 0.29) is 28.0 Å². The van der Waals surface area contributed by atoms with Gasteiger partial charge >= 0.3 is 0 Å². The summed E-state index contributed by atoms with van der Waals surface area (Å²) in [6, 6.07) is 4.70. The first kappa shape index (κ1) is 20.7. The molecule has 6 nitrogen and oxygen atoms in total. The molecule has 0 aliphatic heterocycles. The summed E-state index contributed by atoms with van der Waals surface area (Å²) in [6.45, 7) is 2.13. The standard InChI is InChI=1S/C22H32N2O4S/c1-14(22-11-15-7-16(12-22)9-17(8-15)13-22)23-21(25)18-5-6-19(28-4)20(10-18)29(26,27)24(2)3/h5-6,10,14-17H,7-9,11-13H2,1-4H3,(H,23,25). The summed E-state index contributed by atoms with van der Waals surface area (Å²) in [5.74, 6) is 2.48. The Kier molecular flexibility index (Phi) is 5.18. The Morgan fingerprint density at radius 2 is 1.69 bits per heavy atom. The highest BCUT2D eigenvalue weighted by Gasteiger charge is 2.53. The van der Waals surface area contributed by atoms with Gasteiger partial charge in [0.25, 0.3) is 5.91 Å². The Morgan fingerprint density at radius 1 is 1.14 bits per heavy atom. The second-order valence-electron chi connectivity index (χ2n) is 9.63. The van der Waals surface area contributed by atoms with Crippen molar-refractivity contribution in [2.45, 2.75) is 56.4 Å². The Bertz CT molecular complexity index is 874. The van der Waals surface area contributed by atoms with Gasteiger partial charge < -0.3 is 10.1 Å². The van der Waals surface area contributed by atoms with Crippen molar-refractivity contribution >= 4 is 15.9 Å². The molecule has 1 N–H and O–H groups in total. The van der Waals surface area contributed by atoms with Gasteiger partial charge in [-0.1, -0.05) is 0 Å². The van der Waals surface area contributed by atoms with Crippen LogP contribution in [0.4, 0.5) is 0 Å². The molecule has 4 saturated carbocycles. The second kappa shape index (κ2) is 7.27. The van der Waals surface area contributed by atoms with Crippen LogP contribution in [0.15, 0.2) is 23.1 Å². The summed E-state index contributed by atoms with van der Waals surface area (Å²) in [5, 5.41) is 3.21. The fraction of sp³-hybridized carbons (Fsp3) is 0.682. The largest absolute Gasteiger partial charge is 0.495 e. The highest BCUT2D eigenvalue weighted by molar-refractivity contribution is 7.89. The number of ether oxygens (including phenoxy) is 1. The number of hydrogen-bond donors (Lipinski definition) is 1. The molecule has 29 heavy (non-hydrogen) atoms. The number of sulfonamides is 1. The minimum atomic E-state index is -3.71. The fourth-order valence-corrected chi connectivity index (χ4v) is 7.43. The molecule has 0 aromatic heterocycles. The molecule has 160 valence electrons. The van der Waals surface area contributed by atoms with Crippen LogP contribution in [0.5, 0.6) is 5.75 Å². The van der Waals surface area contributed by atoms with Crippen LogP contribution in [-0.2, 0) is 10.0 Å². The van der Waals surface area contributed by atoms with Crippen molar-refractivity contribution in [2.24, 2.45) is 23.2 Å². The molecular formula is C22H32N2O4S. The average molecular weight is 421 g/mol. The number of nitrogens with one attached hydrogen (secondary N) is 1. The lowest BCUT2D eigenvalue weighted by Crippen LogP contribution is -2.55. The number of hydrogen-bond acceptors (Lipinski definition) is 4. The van der Waals surface area contributed by atoms with Gasteiger partial charge in [-0.3, -0.25) is 4.79 Å². The Hall–Kier alpha value is -1.60. The van der Waals surface area contributed by atoms with Crippen LogP contribution >= 0.6 is 0 Å². The van der Waals surface area contributed by atoms with Crippen LogP contribution in [0.3, 0.4) is 0 Å². The lowest BCUT2D eigenvalue weighted by Gasteiger charge is -2.59. The first-order chi connectivity index (χ1) is 13.6. The number of carbonyl (C=O) groups excluding carboxylic acids is 1. The van der Waals surface area contributed by atoms with E-state index in [1.807, 2.05) is 0 Å². The topological polar surface area (TPSA) is 75.7 Å². The molecule has 1 aromatic carbocycles. The SMILES string of the molecule is COc1ccc(C(=O)NC(C)C23CC4CC(CC(C4)C2)C3)cc1S(=O)(=O)N(C)C. The molecule has 4 aliphatic rings. The maximum atomic E-state index is 13.0. The van der Waals surface area contributed by atoms with Crippen molar-refractivity contribution in [3.05, 3.63) is 23.8 Å². The zero-order chi connectivity index (χ0) is 21.0. The normalized spacial score (nSPS) is 31.7. The van der Waals surface area contributed by atoms with Gasteiger partial charge in [0.2, 0.25) is 10.0 Å². The molecule has 4 bridgehead atoms. The third-order valence-corrected chi connectivity index (χ3v) is 9.37. The van der Waals surface area contributed by atoms with Crippen molar-refractivity contribution < 1.29 is 17.9 Å². The van der Waals surface area contributed by atoms with Gasteiger partial charge in [0.05, 0.1) is 7.11 Å². The molecule has 7 heteroatoms. The molecule has 5 rings (SSSR count). The monoisotopic (exact) mass is 420 g/mol. The van der Waals surface area contributed by atoms with Crippen molar-refractivity contribution in [2.75, 3.05) is 21.2 Å². The van der Waals surface area contributed by atoms with E-state index in [0.29, 0.717) is 5.56 Å². The summed E-state index contributed by atoms with van der Waals surface area (Å²) < 4.78 is 31.7. The van der Waals surface area contributed by atoms with Gasteiger partial charge in [-0.25, -0.2) is 12.7 Å². The fourth-order valence-electron chi connectivity index (χ4n) is 6.36. The highest BCUT2D eigenvalue weighted by Crippen LogP contribution is 2.61. The minimum absolute atomic E-state index is 0.0140. The van der Waals surface area contributed by atoms with Crippen LogP contribution in [-0.4, -0.2) is 45.9 Å². The quantitative estimate of drug-likeness (QED) is 0.766. The van der Waals surface area contributed by atoms with E-state index in [1.165, 1.54) is 65.8 Å². The highest BCUT2D eigenvalue weighted by atomic mass is 32.2. The van der Waals surface area contributed by atoms with Crippen molar-refractivity contribution in [3.63, 3.8) is 0 Å². The Labute approximate surface area is 174 Å². The predicted molar refractivity (Wildman–Crippen MR) is 111 cm³/mol. The molecule has 0 spiro atoms. The van der Waals surface area contributed by atoms with Gasteiger partial charge in [0, 0.05) is 25.7 Å². The number of amides is 1. The first-order valence-electron chi connectivity index (χ1n) is 10.6. The first-order valence-corrected chi connectivity index (χ1v) is 12.0. The Balaban J connectivity index is 1.56. The van der Waals surface area contributed by atoms with Gasteiger partial charge in [0.15, 0.2) is 0 Å². The average Bonchev–Trinajstić information content (AvgIpc) is 2.66. The molecule has 1 aromatic rings. The van der Waals surface area contributed by atoms with Crippen molar-refractivity contribution in [3.8, 4) is 5.75 Å². The number of benzene rings is 1. The molecule has 4 fully saturated rings. The van der Waals surface area contributed by atoms with Gasteiger partial charge in [0.1, 0.15) is 10.6 Å². The van der Waals surface area contributed by atoms with Gasteiger partial charge in [-0.15, -0.1) is 0 Å². The van der Waals surface area contributed by atoms with E-state index >= 15 is 0 Å². The zero-order valence-electron chi connectivity index (χ0n) is 17.8. The molecule has 1 unspecified atom stereocenters. The molecular weight excluding hydrogens is 388 g/mol. The van der Waals surface area contributed by atoms with Crippen molar-refractivity contribution in [1.29, 1.82) is 0 Å². The summed E-state index contributed by atoms with van der Waals surface area (Å²) in [7, 11) is 0.655. The van der Waals surface area contributed by atoms with E-state index in [9.17, 15) is 13.2 Å². The Morgan fingerprint density at radius 3 is 2.17 bits per heavy atom. The van der Waals surface area contributed by atoms with E-state index in [4.69, 9.17) is 4.74 Å². The van der Waals surface area contributed by atoms with E-state index in [0.717, 1.165) is 22.1 Å². The van der Waals surface area contributed by atoms with Crippen LogP contribution in [0.2, 0.25) is 0 Å². The molecule has 0 radical (unpaired) electrons. The summed E-state index contributed by atoms with van der Waals surface area (Å²) >= 11 is 0. The third kappa shape index (κ3) is 3.56. The van der Waals surface area contributed by atoms with Gasteiger partial charge in [-0.2, -0.15) is 0 Å². The van der Waals surface area contributed by atoms with E-state index in [2.05, 4.69) is 12.2 Å². The lowest BCUT2D eigenvalue weighted by molar-refractivity contribution is -0.0688. The van der Waals surface area contributed by atoms with Crippen molar-refractivity contribution in [1.82, 2.24) is 9.62 Å². The maximum absolute atomic E-state index is 13.0. The van der Waals surface area contributed by atoms with Crippen LogP contribution in [0.1, 0.15) is 55.8 Å². The molecule has 0 saturated heterocycles. The van der Waals surface area contributed by atoms with Crippen LogP contribution in [0, 0.1) is 23.2 Å². The number of nitrogens with zero attached hydrogens (tertiary/aromatic N) is 1. The van der Waals surface area contributed by atoms with Crippen LogP contribution in [0.25, 0.3) is 0 Å². The molecule has 4 aliphatic carbocycles. The maximum Gasteiger partial charge on any atom is 0.251 e. The van der Waals surface area contributed by atoms with E-state index in [1.54, 1.807) is 12.1 Å². The van der Waals surface area contributed by atoms with Crippen LogP contribution < -0.4 is 10.1 Å². The van der Waals surface area contributed by atoms with E-state index < -0.39 is 10.0 Å². The number of carbonyl (C=O) groups is 1. The summed E-state index contributed by atoms with van der Waals surface area (Å²) in [4.78, 5) is 13.1. The summed E-state index contributed by atoms with van der Waals surface area (Å²) in [6.07, 6.45) is 7.73. The molecule has 1 atom stereocenters. The molecule has 1 amide bonds. The smallest absolute Gasteiger partial charge is 0.251 e.